The average molecular weight is 346 g/mol. The van der Waals surface area contributed by atoms with Gasteiger partial charge in [-0.15, -0.1) is 5.53 Å². The SMILES string of the molecule is CC(C)N1NNc2cc(-c3nc4c(o3)CCCc3ccccc3-4)ccc21. The van der Waals surface area contributed by atoms with E-state index in [1.165, 1.54) is 11.1 Å². The third kappa shape index (κ3) is 2.39. The highest BCUT2D eigenvalue weighted by atomic mass is 16.4. The Morgan fingerprint density at radius 2 is 2.00 bits per heavy atom. The number of hydrazine groups is 2. The number of hydrogen-bond acceptors (Lipinski definition) is 5. The molecule has 0 amide bonds. The number of benzene rings is 2. The number of oxazole rings is 1. The van der Waals surface area contributed by atoms with Crippen LogP contribution in [0.15, 0.2) is 46.9 Å². The molecule has 1 aliphatic carbocycles. The molecule has 2 heterocycles. The van der Waals surface area contributed by atoms with E-state index in [1.54, 1.807) is 0 Å². The highest BCUT2D eigenvalue weighted by molar-refractivity contribution is 5.79. The van der Waals surface area contributed by atoms with Gasteiger partial charge in [-0.3, -0.25) is 5.01 Å². The zero-order valence-electron chi connectivity index (χ0n) is 15.0. The Hall–Kier alpha value is -2.79. The van der Waals surface area contributed by atoms with E-state index in [9.17, 15) is 0 Å². The highest BCUT2D eigenvalue weighted by Gasteiger charge is 2.24. The fourth-order valence-corrected chi connectivity index (χ4v) is 3.83. The lowest BCUT2D eigenvalue weighted by molar-refractivity contribution is 0.513. The summed E-state index contributed by atoms with van der Waals surface area (Å²) in [4.78, 5) is 4.87. The zero-order chi connectivity index (χ0) is 17.7. The van der Waals surface area contributed by atoms with Crippen LogP contribution in [-0.2, 0) is 12.8 Å². The monoisotopic (exact) mass is 346 g/mol. The largest absolute Gasteiger partial charge is 0.441 e. The van der Waals surface area contributed by atoms with Crippen molar-refractivity contribution >= 4 is 11.4 Å². The number of anilines is 2. The van der Waals surface area contributed by atoms with Gasteiger partial charge in [-0.25, -0.2) is 4.98 Å². The summed E-state index contributed by atoms with van der Waals surface area (Å²) in [6.45, 7) is 4.31. The number of nitrogens with zero attached hydrogens (tertiary/aromatic N) is 2. The average Bonchev–Trinajstić information content (AvgIpc) is 3.22. The first-order valence-corrected chi connectivity index (χ1v) is 9.24. The van der Waals surface area contributed by atoms with Gasteiger partial charge in [-0.1, -0.05) is 24.3 Å². The quantitative estimate of drug-likeness (QED) is 0.712. The summed E-state index contributed by atoms with van der Waals surface area (Å²) in [5.41, 5.74) is 13.2. The summed E-state index contributed by atoms with van der Waals surface area (Å²) in [6, 6.07) is 15.2. The lowest BCUT2D eigenvalue weighted by atomic mass is 10.0. The minimum atomic E-state index is 0.365. The number of rotatable bonds is 2. The summed E-state index contributed by atoms with van der Waals surface area (Å²) in [5.74, 6) is 1.69. The zero-order valence-corrected chi connectivity index (χ0v) is 15.0. The Morgan fingerprint density at radius 1 is 1.12 bits per heavy atom. The van der Waals surface area contributed by atoms with Crippen molar-refractivity contribution in [3.63, 3.8) is 0 Å². The second-order valence-corrected chi connectivity index (χ2v) is 7.23. The molecule has 2 aromatic carbocycles. The second kappa shape index (κ2) is 5.88. The van der Waals surface area contributed by atoms with E-state index in [4.69, 9.17) is 9.40 Å². The maximum atomic E-state index is 6.19. The van der Waals surface area contributed by atoms with Crippen LogP contribution in [0.2, 0.25) is 0 Å². The summed E-state index contributed by atoms with van der Waals surface area (Å²) in [5, 5.41) is 2.11. The van der Waals surface area contributed by atoms with Gasteiger partial charge in [-0.05, 0) is 50.5 Å². The van der Waals surface area contributed by atoms with Gasteiger partial charge in [0.2, 0.25) is 5.89 Å². The normalized spacial score (nSPS) is 15.3. The molecule has 0 unspecified atom stereocenters. The molecule has 0 bridgehead atoms. The van der Waals surface area contributed by atoms with Crippen LogP contribution >= 0.6 is 0 Å². The van der Waals surface area contributed by atoms with Gasteiger partial charge in [0.1, 0.15) is 11.5 Å². The predicted molar refractivity (Wildman–Crippen MR) is 104 cm³/mol. The summed E-state index contributed by atoms with van der Waals surface area (Å²) >= 11 is 0. The number of fused-ring (bicyclic) bond motifs is 4. The molecule has 1 aliphatic heterocycles. The molecule has 0 fully saturated rings. The van der Waals surface area contributed by atoms with Crippen molar-refractivity contribution in [1.29, 1.82) is 0 Å². The topological polar surface area (TPSA) is 53.3 Å². The predicted octanol–water partition coefficient (Wildman–Crippen LogP) is 4.56. The number of hydrogen-bond donors (Lipinski definition) is 2. The Morgan fingerprint density at radius 3 is 2.88 bits per heavy atom. The van der Waals surface area contributed by atoms with Crippen LogP contribution in [0.25, 0.3) is 22.7 Å². The molecule has 2 aliphatic rings. The molecule has 2 N–H and O–H groups in total. The van der Waals surface area contributed by atoms with Gasteiger partial charge in [0.15, 0.2) is 0 Å². The van der Waals surface area contributed by atoms with Crippen LogP contribution in [0.5, 0.6) is 0 Å². The van der Waals surface area contributed by atoms with Crippen molar-refractivity contribution in [2.75, 3.05) is 10.4 Å². The van der Waals surface area contributed by atoms with Gasteiger partial charge in [0, 0.05) is 23.6 Å². The lowest BCUT2D eigenvalue weighted by Crippen LogP contribution is -2.41. The fourth-order valence-electron chi connectivity index (χ4n) is 3.83. The maximum Gasteiger partial charge on any atom is 0.226 e. The van der Waals surface area contributed by atoms with E-state index in [-0.39, 0.29) is 0 Å². The van der Waals surface area contributed by atoms with Crippen molar-refractivity contribution in [2.24, 2.45) is 0 Å². The van der Waals surface area contributed by atoms with Crippen molar-refractivity contribution in [3.8, 4) is 22.7 Å². The standard InChI is InChI=1S/C21H22N4O/c1-13(2)25-18-11-10-15(12-17(18)23-24-25)21-22-20-16-8-4-3-6-14(16)7-5-9-19(20)26-21/h3-4,6,8,10-13,23-24H,5,7,9H2,1-2H3. The van der Waals surface area contributed by atoms with Gasteiger partial charge in [0.05, 0.1) is 11.4 Å². The van der Waals surface area contributed by atoms with E-state index >= 15 is 0 Å². The van der Waals surface area contributed by atoms with Gasteiger partial charge in [-0.2, -0.15) is 0 Å². The molecule has 0 saturated heterocycles. The molecule has 0 radical (unpaired) electrons. The molecule has 5 rings (SSSR count). The van der Waals surface area contributed by atoms with Crippen LogP contribution in [0.1, 0.15) is 31.6 Å². The number of aryl methyl sites for hydroxylation is 2. The molecule has 3 aromatic rings. The molecule has 0 atom stereocenters. The fraction of sp³-hybridized carbons (Fsp3) is 0.286. The summed E-state index contributed by atoms with van der Waals surface area (Å²) in [6.07, 6.45) is 3.11. The summed E-state index contributed by atoms with van der Waals surface area (Å²) < 4.78 is 6.19. The van der Waals surface area contributed by atoms with Gasteiger partial charge < -0.3 is 9.84 Å². The van der Waals surface area contributed by atoms with Crippen molar-refractivity contribution in [1.82, 2.24) is 10.5 Å². The van der Waals surface area contributed by atoms with Crippen molar-refractivity contribution in [2.45, 2.75) is 39.2 Å². The molecule has 0 spiro atoms. The van der Waals surface area contributed by atoms with Crippen LogP contribution in [0.3, 0.4) is 0 Å². The molecular weight excluding hydrogens is 324 g/mol. The first-order valence-electron chi connectivity index (χ1n) is 9.24. The van der Waals surface area contributed by atoms with Crippen molar-refractivity contribution in [3.05, 3.63) is 53.8 Å². The minimum Gasteiger partial charge on any atom is -0.441 e. The highest BCUT2D eigenvalue weighted by Crippen LogP contribution is 2.38. The van der Waals surface area contributed by atoms with E-state index < -0.39 is 0 Å². The van der Waals surface area contributed by atoms with E-state index in [2.05, 4.69) is 72.3 Å². The Balaban J connectivity index is 1.56. The smallest absolute Gasteiger partial charge is 0.226 e. The lowest BCUT2D eigenvalue weighted by Gasteiger charge is -2.21. The minimum absolute atomic E-state index is 0.365. The third-order valence-electron chi connectivity index (χ3n) is 5.15. The number of aromatic nitrogens is 1. The first-order chi connectivity index (χ1) is 12.7. The Labute approximate surface area is 153 Å². The third-order valence-corrected chi connectivity index (χ3v) is 5.15. The molecule has 5 heteroatoms. The molecular formula is C21H22N4O. The molecule has 1 aromatic heterocycles. The Bertz CT molecular complexity index is 976. The molecule has 26 heavy (non-hydrogen) atoms. The van der Waals surface area contributed by atoms with Crippen LogP contribution < -0.4 is 16.0 Å². The van der Waals surface area contributed by atoms with E-state index in [0.29, 0.717) is 11.9 Å². The van der Waals surface area contributed by atoms with Gasteiger partial charge in [0.25, 0.3) is 0 Å². The van der Waals surface area contributed by atoms with Gasteiger partial charge >= 0.3 is 0 Å². The molecule has 0 saturated carbocycles. The summed E-state index contributed by atoms with van der Waals surface area (Å²) in [7, 11) is 0. The number of nitrogens with one attached hydrogen (secondary N) is 2. The van der Waals surface area contributed by atoms with Crippen LogP contribution in [0.4, 0.5) is 11.4 Å². The second-order valence-electron chi connectivity index (χ2n) is 7.23. The Kier molecular flexibility index (Phi) is 3.50. The first kappa shape index (κ1) is 15.5. The maximum absolute atomic E-state index is 6.19. The molecule has 132 valence electrons. The van der Waals surface area contributed by atoms with E-state index in [0.717, 1.165) is 47.7 Å². The van der Waals surface area contributed by atoms with E-state index in [1.807, 2.05) is 0 Å². The van der Waals surface area contributed by atoms with Crippen LogP contribution in [-0.4, -0.2) is 11.0 Å². The van der Waals surface area contributed by atoms with Crippen LogP contribution in [0, 0.1) is 0 Å². The van der Waals surface area contributed by atoms with Crippen molar-refractivity contribution < 1.29 is 4.42 Å². The molecule has 5 nitrogen and oxygen atoms in total.